The van der Waals surface area contributed by atoms with Crippen LogP contribution in [0.2, 0.25) is 0 Å². The molecule has 0 spiro atoms. The second-order valence-electron chi connectivity index (χ2n) is 4.06. The molecule has 88 valence electrons. The molecule has 5 heteroatoms. The molecule has 0 radical (unpaired) electrons. The van der Waals surface area contributed by atoms with Crippen LogP contribution in [0.4, 0.5) is 0 Å². The molecule has 0 aliphatic carbocycles. The summed E-state index contributed by atoms with van der Waals surface area (Å²) in [6.45, 7) is 1.33. The van der Waals surface area contributed by atoms with Crippen LogP contribution in [0.25, 0.3) is 0 Å². The van der Waals surface area contributed by atoms with Crippen LogP contribution in [-0.4, -0.2) is 29.2 Å². The maximum Gasteiger partial charge on any atom is 0.251 e. The number of nitrogens with zero attached hydrogens (tertiary/aromatic N) is 1. The van der Waals surface area contributed by atoms with Crippen LogP contribution < -0.4 is 11.3 Å². The minimum atomic E-state index is -0.105. The third kappa shape index (κ3) is 2.90. The van der Waals surface area contributed by atoms with Crippen LogP contribution in [0, 0.1) is 0 Å². The van der Waals surface area contributed by atoms with Gasteiger partial charge in [-0.05, 0) is 19.4 Å². The first-order chi connectivity index (χ1) is 7.78. The van der Waals surface area contributed by atoms with Gasteiger partial charge in [-0.15, -0.1) is 0 Å². The topological polar surface area (TPSA) is 81.0 Å². The Kier molecular flexibility index (Phi) is 3.69. The van der Waals surface area contributed by atoms with Gasteiger partial charge in [-0.2, -0.15) is 0 Å². The molecule has 1 aliphatic heterocycles. The van der Waals surface area contributed by atoms with Gasteiger partial charge in [-0.25, -0.2) is 4.98 Å². The monoisotopic (exact) mass is 223 g/mol. The van der Waals surface area contributed by atoms with Crippen molar-refractivity contribution in [3.05, 3.63) is 27.9 Å². The summed E-state index contributed by atoms with van der Waals surface area (Å²) >= 11 is 0. The molecule has 2 rings (SSSR count). The first-order valence-electron chi connectivity index (χ1n) is 5.68. The molecule has 0 aromatic carbocycles. The zero-order chi connectivity index (χ0) is 11.4. The highest BCUT2D eigenvalue weighted by Crippen LogP contribution is 2.14. The minimum Gasteiger partial charge on any atom is -0.378 e. The zero-order valence-corrected chi connectivity index (χ0v) is 9.24. The molecule has 0 bridgehead atoms. The van der Waals surface area contributed by atoms with Crippen molar-refractivity contribution >= 4 is 0 Å². The van der Waals surface area contributed by atoms with E-state index in [0.29, 0.717) is 25.2 Å². The van der Waals surface area contributed by atoms with E-state index in [-0.39, 0.29) is 11.7 Å². The summed E-state index contributed by atoms with van der Waals surface area (Å²) < 4.78 is 5.51. The van der Waals surface area contributed by atoms with E-state index in [1.807, 2.05) is 0 Å². The highest BCUT2D eigenvalue weighted by molar-refractivity contribution is 5.04. The quantitative estimate of drug-likeness (QED) is 0.752. The first kappa shape index (κ1) is 11.3. The summed E-state index contributed by atoms with van der Waals surface area (Å²) in [4.78, 5) is 18.5. The average Bonchev–Trinajstić information content (AvgIpc) is 2.70. The van der Waals surface area contributed by atoms with E-state index in [9.17, 15) is 4.79 Å². The molecular weight excluding hydrogens is 206 g/mol. The van der Waals surface area contributed by atoms with Crippen molar-refractivity contribution in [1.29, 1.82) is 0 Å². The molecule has 0 saturated carbocycles. The van der Waals surface area contributed by atoms with Crippen LogP contribution >= 0.6 is 0 Å². The summed E-state index contributed by atoms with van der Waals surface area (Å²) in [5.74, 6) is 0.711. The molecule has 1 aromatic heterocycles. The van der Waals surface area contributed by atoms with Crippen molar-refractivity contribution in [2.75, 3.05) is 13.2 Å². The Balaban J connectivity index is 2.10. The summed E-state index contributed by atoms with van der Waals surface area (Å²) in [5.41, 5.74) is 6.11. The van der Waals surface area contributed by atoms with E-state index in [2.05, 4.69) is 9.97 Å². The number of H-pyrrole nitrogens is 1. The second kappa shape index (κ2) is 5.23. The normalized spacial score (nSPS) is 20.2. The van der Waals surface area contributed by atoms with E-state index in [4.69, 9.17) is 10.5 Å². The highest BCUT2D eigenvalue weighted by atomic mass is 16.5. The van der Waals surface area contributed by atoms with Gasteiger partial charge in [0, 0.05) is 31.2 Å². The first-order valence-corrected chi connectivity index (χ1v) is 5.68. The third-order valence-electron chi connectivity index (χ3n) is 2.69. The minimum absolute atomic E-state index is 0.105. The van der Waals surface area contributed by atoms with Crippen LogP contribution in [0.3, 0.4) is 0 Å². The lowest BCUT2D eigenvalue weighted by Gasteiger charge is -2.08. The van der Waals surface area contributed by atoms with E-state index >= 15 is 0 Å². The summed E-state index contributed by atoms with van der Waals surface area (Å²) in [5, 5.41) is 0. The smallest absolute Gasteiger partial charge is 0.251 e. The third-order valence-corrected chi connectivity index (χ3v) is 2.69. The van der Waals surface area contributed by atoms with Crippen LogP contribution in [0.5, 0.6) is 0 Å². The SMILES string of the molecule is NCCc1cc(=O)[nH]c(CC2CCCO2)n1. The number of ether oxygens (including phenoxy) is 1. The zero-order valence-electron chi connectivity index (χ0n) is 9.24. The standard InChI is InChI=1S/C11H17N3O2/c12-4-3-8-6-11(15)14-10(13-8)7-9-2-1-5-16-9/h6,9H,1-5,7,12H2,(H,13,14,15). The predicted molar refractivity (Wildman–Crippen MR) is 60.3 cm³/mol. The number of aromatic nitrogens is 2. The fourth-order valence-electron chi connectivity index (χ4n) is 1.96. The molecule has 1 aliphatic rings. The van der Waals surface area contributed by atoms with Gasteiger partial charge in [-0.1, -0.05) is 0 Å². The fraction of sp³-hybridized carbons (Fsp3) is 0.636. The van der Waals surface area contributed by atoms with Crippen molar-refractivity contribution in [2.24, 2.45) is 5.73 Å². The van der Waals surface area contributed by atoms with Crippen molar-refractivity contribution in [1.82, 2.24) is 9.97 Å². The average molecular weight is 223 g/mol. The summed E-state index contributed by atoms with van der Waals surface area (Å²) in [6, 6.07) is 1.51. The Morgan fingerprint density at radius 1 is 1.62 bits per heavy atom. The molecule has 1 unspecified atom stereocenters. The highest BCUT2D eigenvalue weighted by Gasteiger charge is 2.17. The van der Waals surface area contributed by atoms with Gasteiger partial charge in [0.05, 0.1) is 6.10 Å². The van der Waals surface area contributed by atoms with Crippen molar-refractivity contribution in [3.63, 3.8) is 0 Å². The van der Waals surface area contributed by atoms with Crippen molar-refractivity contribution in [3.8, 4) is 0 Å². The lowest BCUT2D eigenvalue weighted by atomic mass is 10.1. The Bertz CT molecular complexity index is 396. The van der Waals surface area contributed by atoms with Gasteiger partial charge in [-0.3, -0.25) is 4.79 Å². The van der Waals surface area contributed by atoms with Crippen LogP contribution in [0.15, 0.2) is 10.9 Å². The molecule has 1 saturated heterocycles. The number of aromatic amines is 1. The number of hydrogen-bond donors (Lipinski definition) is 2. The maximum atomic E-state index is 11.4. The molecule has 1 aromatic rings. The van der Waals surface area contributed by atoms with E-state index in [0.717, 1.165) is 25.1 Å². The Hall–Kier alpha value is -1.20. The van der Waals surface area contributed by atoms with Crippen LogP contribution in [-0.2, 0) is 17.6 Å². The molecule has 3 N–H and O–H groups in total. The van der Waals surface area contributed by atoms with Gasteiger partial charge in [0.25, 0.3) is 5.56 Å². The van der Waals surface area contributed by atoms with E-state index in [1.54, 1.807) is 0 Å². The van der Waals surface area contributed by atoms with Gasteiger partial charge in [0.2, 0.25) is 0 Å². The molecule has 1 atom stereocenters. The number of nitrogens with two attached hydrogens (primary N) is 1. The largest absolute Gasteiger partial charge is 0.378 e. The van der Waals surface area contributed by atoms with Crippen molar-refractivity contribution in [2.45, 2.75) is 31.8 Å². The molecule has 5 nitrogen and oxygen atoms in total. The second-order valence-corrected chi connectivity index (χ2v) is 4.06. The lowest BCUT2D eigenvalue weighted by Crippen LogP contribution is -2.19. The Morgan fingerprint density at radius 3 is 3.19 bits per heavy atom. The Morgan fingerprint density at radius 2 is 2.50 bits per heavy atom. The van der Waals surface area contributed by atoms with Crippen molar-refractivity contribution < 1.29 is 4.74 Å². The predicted octanol–water partition coefficient (Wildman–Crippen LogP) is -0.00740. The van der Waals surface area contributed by atoms with Crippen LogP contribution in [0.1, 0.15) is 24.4 Å². The molecule has 0 amide bonds. The molecule has 1 fully saturated rings. The van der Waals surface area contributed by atoms with E-state index in [1.165, 1.54) is 6.07 Å². The van der Waals surface area contributed by atoms with E-state index < -0.39 is 0 Å². The summed E-state index contributed by atoms with van der Waals surface area (Å²) in [7, 11) is 0. The fourth-order valence-corrected chi connectivity index (χ4v) is 1.96. The number of nitrogens with one attached hydrogen (secondary N) is 1. The maximum absolute atomic E-state index is 11.4. The van der Waals surface area contributed by atoms with Gasteiger partial charge in [0.15, 0.2) is 0 Å². The van der Waals surface area contributed by atoms with Gasteiger partial charge >= 0.3 is 0 Å². The molecule has 2 heterocycles. The lowest BCUT2D eigenvalue weighted by molar-refractivity contribution is 0.110. The van der Waals surface area contributed by atoms with Gasteiger partial charge < -0.3 is 15.5 Å². The molecule has 16 heavy (non-hydrogen) atoms. The number of rotatable bonds is 4. The van der Waals surface area contributed by atoms with Gasteiger partial charge in [0.1, 0.15) is 5.82 Å². The molecular formula is C11H17N3O2. The number of hydrogen-bond acceptors (Lipinski definition) is 4. The summed E-state index contributed by atoms with van der Waals surface area (Å²) in [6.07, 6.45) is 3.68. The Labute approximate surface area is 94.0 Å².